The molecule has 0 saturated heterocycles. The Morgan fingerprint density at radius 1 is 1.19 bits per heavy atom. The number of hydrogen-bond donors (Lipinski definition) is 0. The summed E-state index contributed by atoms with van der Waals surface area (Å²) in [6, 6.07) is 12.6. The van der Waals surface area contributed by atoms with Crippen LogP contribution in [0.3, 0.4) is 0 Å². The van der Waals surface area contributed by atoms with Crippen LogP contribution in [-0.4, -0.2) is 18.0 Å². The monoisotopic (exact) mass is 283 g/mol. The summed E-state index contributed by atoms with van der Waals surface area (Å²) >= 11 is 0. The maximum Gasteiger partial charge on any atom is 0.170 e. The second-order valence-corrected chi connectivity index (χ2v) is 4.78. The molecule has 0 unspecified atom stereocenters. The van der Waals surface area contributed by atoms with E-state index >= 15 is 0 Å². The molecule has 106 valence electrons. The van der Waals surface area contributed by atoms with Crippen LogP contribution in [0.2, 0.25) is 0 Å². The van der Waals surface area contributed by atoms with E-state index in [1.54, 1.807) is 24.4 Å². The van der Waals surface area contributed by atoms with Crippen LogP contribution < -0.4 is 4.74 Å². The lowest BCUT2D eigenvalue weighted by atomic mass is 10.2. The van der Waals surface area contributed by atoms with E-state index in [4.69, 9.17) is 4.74 Å². The smallest absolute Gasteiger partial charge is 0.170 e. The van der Waals surface area contributed by atoms with Gasteiger partial charge < -0.3 is 9.30 Å². The summed E-state index contributed by atoms with van der Waals surface area (Å²) < 4.78 is 21.1. The van der Waals surface area contributed by atoms with Crippen LogP contribution in [0.5, 0.6) is 5.75 Å². The van der Waals surface area contributed by atoms with Crippen molar-refractivity contribution in [2.45, 2.75) is 6.54 Å². The summed E-state index contributed by atoms with van der Waals surface area (Å²) in [6.07, 6.45) is 2.57. The highest BCUT2D eigenvalue weighted by molar-refractivity contribution is 5.97. The second kappa shape index (κ2) is 5.40. The number of halogens is 1. The molecule has 0 saturated carbocycles. The highest BCUT2D eigenvalue weighted by atomic mass is 19.1. The molecule has 3 nitrogen and oxygen atoms in total. The number of methoxy groups -OCH3 is 1. The molecular formula is C17H14FNO2. The van der Waals surface area contributed by atoms with Crippen molar-refractivity contribution in [2.75, 3.05) is 7.11 Å². The normalized spacial score (nSPS) is 10.8. The third-order valence-corrected chi connectivity index (χ3v) is 3.55. The number of rotatable bonds is 4. The zero-order chi connectivity index (χ0) is 14.8. The fraction of sp³-hybridized carbons (Fsp3) is 0.118. The van der Waals surface area contributed by atoms with Crippen molar-refractivity contribution in [3.05, 3.63) is 65.6 Å². The lowest BCUT2D eigenvalue weighted by Crippen LogP contribution is -2.02. The lowest BCUT2D eigenvalue weighted by molar-refractivity contribution is 0.112. The van der Waals surface area contributed by atoms with Gasteiger partial charge in [-0.1, -0.05) is 30.3 Å². The van der Waals surface area contributed by atoms with Gasteiger partial charge in [0.25, 0.3) is 0 Å². The third-order valence-electron chi connectivity index (χ3n) is 3.55. The van der Waals surface area contributed by atoms with Gasteiger partial charge >= 0.3 is 0 Å². The molecule has 0 amide bonds. The standard InChI is InChI=1S/C17H14FNO2/c1-21-16-8-4-5-12(17(16)18)9-19-10-13(11-20)14-6-2-3-7-15(14)19/h2-8,10-11H,9H2,1H3. The van der Waals surface area contributed by atoms with Gasteiger partial charge in [-0.3, -0.25) is 4.79 Å². The Bertz CT molecular complexity index is 808. The zero-order valence-electron chi connectivity index (χ0n) is 11.5. The predicted molar refractivity (Wildman–Crippen MR) is 79.4 cm³/mol. The first kappa shape index (κ1) is 13.4. The van der Waals surface area contributed by atoms with E-state index in [9.17, 15) is 9.18 Å². The summed E-state index contributed by atoms with van der Waals surface area (Å²) in [6.45, 7) is 0.345. The van der Waals surface area contributed by atoms with Crippen molar-refractivity contribution >= 4 is 17.2 Å². The highest BCUT2D eigenvalue weighted by Crippen LogP contribution is 2.24. The number of fused-ring (bicyclic) bond motifs is 1. The number of nitrogens with zero attached hydrogens (tertiary/aromatic N) is 1. The van der Waals surface area contributed by atoms with Gasteiger partial charge in [-0.25, -0.2) is 4.39 Å². The Labute approximate surface area is 121 Å². The summed E-state index contributed by atoms with van der Waals surface area (Å²) in [4.78, 5) is 11.1. The Kier molecular flexibility index (Phi) is 3.44. The van der Waals surface area contributed by atoms with Crippen molar-refractivity contribution in [3.63, 3.8) is 0 Å². The lowest BCUT2D eigenvalue weighted by Gasteiger charge is -2.09. The van der Waals surface area contributed by atoms with E-state index in [1.807, 2.05) is 28.8 Å². The van der Waals surface area contributed by atoms with Crippen LogP contribution in [0, 0.1) is 5.82 Å². The maximum atomic E-state index is 14.2. The van der Waals surface area contributed by atoms with Crippen molar-refractivity contribution < 1.29 is 13.9 Å². The number of carbonyl (C=O) groups is 1. The van der Waals surface area contributed by atoms with E-state index in [0.29, 0.717) is 17.7 Å². The number of aldehydes is 1. The fourth-order valence-corrected chi connectivity index (χ4v) is 2.52. The average molecular weight is 283 g/mol. The minimum Gasteiger partial charge on any atom is -0.494 e. The SMILES string of the molecule is COc1cccc(Cn2cc(C=O)c3ccccc32)c1F. The minimum absolute atomic E-state index is 0.222. The molecule has 0 N–H and O–H groups in total. The van der Waals surface area contributed by atoms with Crippen molar-refractivity contribution in [2.24, 2.45) is 0 Å². The number of benzene rings is 2. The van der Waals surface area contributed by atoms with Gasteiger partial charge in [0.2, 0.25) is 0 Å². The summed E-state index contributed by atoms with van der Waals surface area (Å²) in [5, 5.41) is 0.871. The molecule has 4 heteroatoms. The fourth-order valence-electron chi connectivity index (χ4n) is 2.52. The molecule has 0 radical (unpaired) electrons. The largest absolute Gasteiger partial charge is 0.494 e. The first-order valence-electron chi connectivity index (χ1n) is 6.59. The Morgan fingerprint density at radius 2 is 2.00 bits per heavy atom. The number of carbonyl (C=O) groups excluding carboxylic acids is 1. The van der Waals surface area contributed by atoms with Crippen LogP contribution in [-0.2, 0) is 6.54 Å². The van der Waals surface area contributed by atoms with Crippen LogP contribution in [0.4, 0.5) is 4.39 Å². The van der Waals surface area contributed by atoms with E-state index in [2.05, 4.69) is 0 Å². The van der Waals surface area contributed by atoms with Gasteiger partial charge in [-0.2, -0.15) is 0 Å². The van der Waals surface area contributed by atoms with Gasteiger partial charge in [0, 0.05) is 28.2 Å². The van der Waals surface area contributed by atoms with Gasteiger partial charge in [0.05, 0.1) is 13.7 Å². The van der Waals surface area contributed by atoms with E-state index in [-0.39, 0.29) is 11.6 Å². The average Bonchev–Trinajstić information content (AvgIpc) is 2.87. The van der Waals surface area contributed by atoms with Crippen LogP contribution in [0.15, 0.2) is 48.7 Å². The summed E-state index contributed by atoms with van der Waals surface area (Å²) in [5.41, 5.74) is 2.03. The quantitative estimate of drug-likeness (QED) is 0.684. The van der Waals surface area contributed by atoms with Crippen molar-refractivity contribution in [1.29, 1.82) is 0 Å². The molecule has 3 rings (SSSR count). The van der Waals surface area contributed by atoms with Crippen LogP contribution in [0.25, 0.3) is 10.9 Å². The Morgan fingerprint density at radius 3 is 2.76 bits per heavy atom. The van der Waals surface area contributed by atoms with Gasteiger partial charge in [0.1, 0.15) is 0 Å². The maximum absolute atomic E-state index is 14.2. The first-order chi connectivity index (χ1) is 10.2. The van der Waals surface area contributed by atoms with E-state index in [1.165, 1.54) is 7.11 Å². The summed E-state index contributed by atoms with van der Waals surface area (Å²) in [7, 11) is 1.44. The minimum atomic E-state index is -0.370. The number of hydrogen-bond acceptors (Lipinski definition) is 2. The molecule has 0 atom stereocenters. The predicted octanol–water partition coefficient (Wildman–Crippen LogP) is 3.65. The molecular weight excluding hydrogens is 269 g/mol. The molecule has 0 fully saturated rings. The summed E-state index contributed by atoms with van der Waals surface area (Å²) in [5.74, 6) is -0.148. The van der Waals surface area contributed by atoms with Crippen LogP contribution >= 0.6 is 0 Å². The molecule has 0 aliphatic rings. The first-order valence-corrected chi connectivity index (χ1v) is 6.59. The topological polar surface area (TPSA) is 31.2 Å². The second-order valence-electron chi connectivity index (χ2n) is 4.78. The zero-order valence-corrected chi connectivity index (χ0v) is 11.5. The molecule has 0 spiro atoms. The number of para-hydroxylation sites is 1. The Hall–Kier alpha value is -2.62. The molecule has 0 aliphatic carbocycles. The molecule has 3 aromatic rings. The Balaban J connectivity index is 2.08. The molecule has 0 bridgehead atoms. The van der Waals surface area contributed by atoms with Gasteiger partial charge in [-0.15, -0.1) is 0 Å². The third kappa shape index (κ3) is 2.29. The van der Waals surface area contributed by atoms with E-state index < -0.39 is 0 Å². The van der Waals surface area contributed by atoms with E-state index in [0.717, 1.165) is 17.2 Å². The molecule has 1 heterocycles. The van der Waals surface area contributed by atoms with Gasteiger partial charge in [0.15, 0.2) is 17.9 Å². The molecule has 2 aromatic carbocycles. The van der Waals surface area contributed by atoms with Crippen molar-refractivity contribution in [3.8, 4) is 5.75 Å². The van der Waals surface area contributed by atoms with Gasteiger partial charge in [-0.05, 0) is 12.1 Å². The van der Waals surface area contributed by atoms with Crippen molar-refractivity contribution in [1.82, 2.24) is 4.57 Å². The molecule has 1 aromatic heterocycles. The molecule has 0 aliphatic heterocycles. The highest BCUT2D eigenvalue weighted by Gasteiger charge is 2.12. The number of ether oxygens (including phenoxy) is 1. The number of aromatic nitrogens is 1. The molecule has 21 heavy (non-hydrogen) atoms. The van der Waals surface area contributed by atoms with Crippen LogP contribution in [0.1, 0.15) is 15.9 Å².